The van der Waals surface area contributed by atoms with Crippen LogP contribution < -0.4 is 16.8 Å². The fraction of sp³-hybridized carbons (Fsp3) is 0.324. The predicted octanol–water partition coefficient (Wildman–Crippen LogP) is 2.08. The highest BCUT2D eigenvalue weighted by atomic mass is 19.1. The number of nitrogens with two attached hydrogens (primary N) is 2. The molecule has 6 N–H and O–H groups in total. The zero-order chi connectivity index (χ0) is 33.1. The molecule has 1 aliphatic carbocycles. The number of aromatic nitrogens is 4. The van der Waals surface area contributed by atoms with Crippen molar-refractivity contribution in [3.63, 3.8) is 0 Å². The molecule has 1 aliphatic heterocycles. The summed E-state index contributed by atoms with van der Waals surface area (Å²) >= 11 is 0. The van der Waals surface area contributed by atoms with Crippen molar-refractivity contribution in [3.8, 4) is 6.07 Å². The first-order valence-electron chi connectivity index (χ1n) is 15.5. The summed E-state index contributed by atoms with van der Waals surface area (Å²) in [6.07, 6.45) is 3.15. The van der Waals surface area contributed by atoms with E-state index in [2.05, 4.69) is 32.0 Å². The Morgan fingerprint density at radius 3 is 2.21 bits per heavy atom. The number of primary amides is 2. The van der Waals surface area contributed by atoms with Gasteiger partial charge in [0.25, 0.3) is 0 Å². The zero-order valence-corrected chi connectivity index (χ0v) is 25.6. The minimum atomic E-state index is -1.07. The number of amides is 3. The fourth-order valence-electron chi connectivity index (χ4n) is 7.09. The van der Waals surface area contributed by atoms with Crippen LogP contribution >= 0.6 is 0 Å². The Morgan fingerprint density at radius 1 is 1.02 bits per heavy atom. The molecular weight excluding hydrogens is 601 g/mol. The molecule has 2 heterocycles. The maximum atomic E-state index is 13.9. The lowest BCUT2D eigenvalue weighted by Gasteiger charge is -2.38. The topological polar surface area (TPSA) is 197 Å². The second-order valence-electron chi connectivity index (χ2n) is 12.1. The summed E-state index contributed by atoms with van der Waals surface area (Å²) < 4.78 is 13.9. The molecular formula is C34H34FN9O3. The summed E-state index contributed by atoms with van der Waals surface area (Å²) in [6.45, 7) is 0.482. The Balaban J connectivity index is 1.50. The zero-order valence-electron chi connectivity index (χ0n) is 25.6. The molecule has 3 amide bonds. The second kappa shape index (κ2) is 13.1. The molecule has 0 bridgehead atoms. The smallest absolute Gasteiger partial charge is 0.248 e. The van der Waals surface area contributed by atoms with Crippen molar-refractivity contribution >= 4 is 17.7 Å². The van der Waals surface area contributed by atoms with Crippen LogP contribution in [0.1, 0.15) is 73.6 Å². The van der Waals surface area contributed by atoms with Crippen molar-refractivity contribution in [2.75, 3.05) is 13.1 Å². The van der Waals surface area contributed by atoms with Gasteiger partial charge in [-0.05, 0) is 113 Å². The van der Waals surface area contributed by atoms with E-state index in [0.717, 1.165) is 34.2 Å². The number of benzene rings is 3. The third kappa shape index (κ3) is 6.19. The van der Waals surface area contributed by atoms with E-state index >= 15 is 0 Å². The van der Waals surface area contributed by atoms with Crippen molar-refractivity contribution in [2.24, 2.45) is 11.5 Å². The number of aryl methyl sites for hydroxylation is 2. The van der Waals surface area contributed by atoms with Gasteiger partial charge >= 0.3 is 0 Å². The van der Waals surface area contributed by atoms with Gasteiger partial charge < -0.3 is 21.7 Å². The number of fused-ring (bicyclic) bond motifs is 2. The summed E-state index contributed by atoms with van der Waals surface area (Å²) in [5.74, 6) is -1.26. The molecule has 1 saturated heterocycles. The van der Waals surface area contributed by atoms with Gasteiger partial charge in [-0.15, -0.1) is 5.10 Å². The average Bonchev–Trinajstić information content (AvgIpc) is 3.77. The van der Waals surface area contributed by atoms with Crippen molar-refractivity contribution < 1.29 is 18.8 Å². The molecule has 2 aliphatic rings. The molecule has 6 rings (SSSR count). The van der Waals surface area contributed by atoms with Crippen LogP contribution in [-0.4, -0.2) is 68.4 Å². The number of halogens is 1. The number of rotatable bonds is 10. The van der Waals surface area contributed by atoms with Crippen LogP contribution in [0.25, 0.3) is 0 Å². The summed E-state index contributed by atoms with van der Waals surface area (Å²) in [5.41, 5.74) is 15.2. The van der Waals surface area contributed by atoms with Gasteiger partial charge in [-0.3, -0.25) is 14.4 Å². The van der Waals surface area contributed by atoms with E-state index < -0.39 is 29.3 Å². The molecule has 1 fully saturated rings. The lowest BCUT2D eigenvalue weighted by molar-refractivity contribution is -0.130. The molecule has 13 heteroatoms. The quantitative estimate of drug-likeness (QED) is 0.203. The van der Waals surface area contributed by atoms with E-state index in [9.17, 15) is 24.0 Å². The summed E-state index contributed by atoms with van der Waals surface area (Å²) in [4.78, 5) is 39.5. The normalized spacial score (nSPS) is 17.2. The molecule has 0 spiro atoms. The van der Waals surface area contributed by atoms with Crippen molar-refractivity contribution in [1.82, 2.24) is 30.8 Å². The van der Waals surface area contributed by atoms with Gasteiger partial charge in [0.15, 0.2) is 5.82 Å². The number of hydrogen-bond acceptors (Lipinski definition) is 8. The molecule has 1 unspecified atom stereocenters. The number of H-pyrrole nitrogens is 1. The SMILES string of the molecule is N#CC1CCCN1C(=O)CN[C@@H](Cc1ccc(F)cc1)CC1(c2nnn[nH]2)c2ccc(C(N)=O)cc2CCc2cc(C(N)=O)ccc21. The van der Waals surface area contributed by atoms with E-state index in [1.807, 2.05) is 12.1 Å². The fourth-order valence-corrected chi connectivity index (χ4v) is 7.09. The van der Waals surface area contributed by atoms with Gasteiger partial charge in [0.05, 0.1) is 18.0 Å². The van der Waals surface area contributed by atoms with Crippen LogP contribution in [0.15, 0.2) is 60.7 Å². The summed E-state index contributed by atoms with van der Waals surface area (Å²) in [6, 6.07) is 18.1. The standard InChI is InChI=1S/C34H34FN9O3/c35-25-9-3-20(4-10-25)14-26(39-19-30(45)44-13-1-2-27(44)18-36)17-34(33-40-42-43-41-33)28-11-7-23(31(37)46)15-21(28)5-6-22-16-24(32(38)47)8-12-29(22)34/h3-4,7-12,15-16,26-27,39H,1-2,5-6,13-14,17,19H2,(H2,37,46)(H2,38,47)(H,40,41,42,43)/t26-,27?/m0/s1. The van der Waals surface area contributed by atoms with E-state index in [1.54, 1.807) is 41.3 Å². The Morgan fingerprint density at radius 2 is 1.66 bits per heavy atom. The lowest BCUT2D eigenvalue weighted by Crippen LogP contribution is -2.47. The number of nitrogens with one attached hydrogen (secondary N) is 2. The molecule has 47 heavy (non-hydrogen) atoms. The first-order valence-corrected chi connectivity index (χ1v) is 15.5. The number of hydrogen-bond donors (Lipinski definition) is 4. The highest BCUT2D eigenvalue weighted by Gasteiger charge is 2.46. The Bertz CT molecular complexity index is 1790. The summed E-state index contributed by atoms with van der Waals surface area (Å²) in [7, 11) is 0. The lowest BCUT2D eigenvalue weighted by atomic mass is 9.67. The minimum absolute atomic E-state index is 0.0320. The van der Waals surface area contributed by atoms with Crippen molar-refractivity contribution in [3.05, 3.63) is 111 Å². The van der Waals surface area contributed by atoms with Gasteiger partial charge in [-0.1, -0.05) is 24.3 Å². The van der Waals surface area contributed by atoms with E-state index in [-0.39, 0.29) is 18.3 Å². The molecule has 0 saturated carbocycles. The van der Waals surface area contributed by atoms with Gasteiger partial charge in [-0.25, -0.2) is 9.49 Å². The maximum absolute atomic E-state index is 13.9. The number of carbonyl (C=O) groups excluding carboxylic acids is 3. The minimum Gasteiger partial charge on any atom is -0.366 e. The second-order valence-corrected chi connectivity index (χ2v) is 12.1. The largest absolute Gasteiger partial charge is 0.366 e. The van der Waals surface area contributed by atoms with Crippen molar-refractivity contribution in [1.29, 1.82) is 5.26 Å². The molecule has 1 aromatic heterocycles. The van der Waals surface area contributed by atoms with Gasteiger partial charge in [0.2, 0.25) is 17.7 Å². The molecule has 3 aromatic carbocycles. The number of likely N-dealkylation sites (tertiary alicyclic amines) is 1. The number of aromatic amines is 1. The van der Waals surface area contributed by atoms with E-state index in [0.29, 0.717) is 55.6 Å². The van der Waals surface area contributed by atoms with Crippen molar-refractivity contribution in [2.45, 2.75) is 56.0 Å². The molecule has 0 radical (unpaired) electrons. The molecule has 240 valence electrons. The number of carbonyl (C=O) groups is 3. The summed E-state index contributed by atoms with van der Waals surface area (Å²) in [5, 5.41) is 28.3. The predicted molar refractivity (Wildman–Crippen MR) is 168 cm³/mol. The third-order valence-corrected chi connectivity index (χ3v) is 9.32. The first-order chi connectivity index (χ1) is 22.7. The Labute approximate surface area is 270 Å². The van der Waals surface area contributed by atoms with Gasteiger partial charge in [-0.2, -0.15) is 5.26 Å². The third-order valence-electron chi connectivity index (χ3n) is 9.32. The van der Waals surface area contributed by atoms with Crippen LogP contribution in [0.5, 0.6) is 0 Å². The number of nitriles is 1. The maximum Gasteiger partial charge on any atom is 0.248 e. The number of nitrogens with zero attached hydrogens (tertiary/aromatic N) is 5. The van der Waals surface area contributed by atoms with Gasteiger partial charge in [0, 0.05) is 23.7 Å². The van der Waals surface area contributed by atoms with E-state index in [4.69, 9.17) is 11.5 Å². The highest BCUT2D eigenvalue weighted by Crippen LogP contribution is 2.47. The Kier molecular flexibility index (Phi) is 8.78. The van der Waals surface area contributed by atoms with Crippen LogP contribution in [0.4, 0.5) is 4.39 Å². The molecule has 12 nitrogen and oxygen atoms in total. The first kappa shape index (κ1) is 31.5. The Hall–Kier alpha value is -5.48. The van der Waals surface area contributed by atoms with Crippen LogP contribution in [0.2, 0.25) is 0 Å². The molecule has 2 atom stereocenters. The van der Waals surface area contributed by atoms with Crippen LogP contribution in [-0.2, 0) is 29.5 Å². The van der Waals surface area contributed by atoms with Crippen LogP contribution in [0.3, 0.4) is 0 Å². The van der Waals surface area contributed by atoms with Gasteiger partial charge in [0.1, 0.15) is 11.9 Å². The molecule has 4 aromatic rings. The number of tetrazole rings is 1. The van der Waals surface area contributed by atoms with Crippen LogP contribution in [0, 0.1) is 17.1 Å². The highest BCUT2D eigenvalue weighted by molar-refractivity contribution is 5.94. The monoisotopic (exact) mass is 635 g/mol. The van der Waals surface area contributed by atoms with E-state index in [1.165, 1.54) is 12.1 Å². The average molecular weight is 636 g/mol.